The SMILES string of the molecule is CC[C@@H](C)c1ccc(NC(=O)COC(=O)Cc2ccc(Cl)cc2)cc1. The van der Waals surface area contributed by atoms with Crippen LogP contribution in [-0.4, -0.2) is 18.5 Å². The lowest BCUT2D eigenvalue weighted by atomic mass is 9.99. The van der Waals surface area contributed by atoms with Gasteiger partial charge in [-0.1, -0.05) is 49.7 Å². The molecule has 0 aliphatic carbocycles. The van der Waals surface area contributed by atoms with Crippen molar-refractivity contribution in [2.45, 2.75) is 32.6 Å². The van der Waals surface area contributed by atoms with Crippen molar-refractivity contribution >= 4 is 29.2 Å². The number of halogens is 1. The van der Waals surface area contributed by atoms with Crippen LogP contribution in [0.25, 0.3) is 0 Å². The van der Waals surface area contributed by atoms with Gasteiger partial charge in [-0.05, 0) is 47.7 Å². The first-order valence-corrected chi connectivity index (χ1v) is 8.65. The molecule has 0 radical (unpaired) electrons. The number of hydrogen-bond donors (Lipinski definition) is 1. The van der Waals surface area contributed by atoms with E-state index in [1.165, 1.54) is 5.56 Å². The minimum Gasteiger partial charge on any atom is -0.455 e. The van der Waals surface area contributed by atoms with Gasteiger partial charge in [-0.25, -0.2) is 0 Å². The molecule has 1 N–H and O–H groups in total. The van der Waals surface area contributed by atoms with Crippen molar-refractivity contribution in [1.29, 1.82) is 0 Å². The fraction of sp³-hybridized carbons (Fsp3) is 0.300. The van der Waals surface area contributed by atoms with Crippen LogP contribution in [0.3, 0.4) is 0 Å². The van der Waals surface area contributed by atoms with E-state index in [1.54, 1.807) is 24.3 Å². The summed E-state index contributed by atoms with van der Waals surface area (Å²) in [7, 11) is 0. The lowest BCUT2D eigenvalue weighted by molar-refractivity contribution is -0.146. The maximum Gasteiger partial charge on any atom is 0.310 e. The van der Waals surface area contributed by atoms with Crippen molar-refractivity contribution in [2.24, 2.45) is 0 Å². The third-order valence-corrected chi connectivity index (χ3v) is 4.25. The second-order valence-corrected chi connectivity index (χ2v) is 6.38. The summed E-state index contributed by atoms with van der Waals surface area (Å²) in [5.74, 6) is -0.330. The van der Waals surface area contributed by atoms with Gasteiger partial charge in [-0.3, -0.25) is 9.59 Å². The summed E-state index contributed by atoms with van der Waals surface area (Å²) >= 11 is 5.79. The molecule has 0 aliphatic heterocycles. The Labute approximate surface area is 153 Å². The molecule has 0 bridgehead atoms. The lowest BCUT2D eigenvalue weighted by Crippen LogP contribution is -2.21. The van der Waals surface area contributed by atoms with E-state index in [0.717, 1.165) is 12.0 Å². The van der Waals surface area contributed by atoms with Crippen LogP contribution in [0.4, 0.5) is 5.69 Å². The zero-order valence-corrected chi connectivity index (χ0v) is 15.2. The molecule has 0 saturated carbocycles. The summed E-state index contributed by atoms with van der Waals surface area (Å²) in [5, 5.41) is 3.33. The van der Waals surface area contributed by atoms with Gasteiger partial charge in [0.15, 0.2) is 6.61 Å². The van der Waals surface area contributed by atoms with E-state index < -0.39 is 5.97 Å². The Kier molecular flexibility index (Phi) is 7.02. The third-order valence-electron chi connectivity index (χ3n) is 4.00. The van der Waals surface area contributed by atoms with Gasteiger partial charge >= 0.3 is 5.97 Å². The molecule has 0 aliphatic rings. The van der Waals surface area contributed by atoms with Crippen molar-refractivity contribution in [3.63, 3.8) is 0 Å². The maximum atomic E-state index is 11.9. The molecule has 0 fully saturated rings. The average Bonchev–Trinajstić information content (AvgIpc) is 2.62. The number of ether oxygens (including phenoxy) is 1. The second kappa shape index (κ2) is 9.23. The molecule has 0 unspecified atom stereocenters. The van der Waals surface area contributed by atoms with Gasteiger partial charge in [0.05, 0.1) is 6.42 Å². The van der Waals surface area contributed by atoms with E-state index >= 15 is 0 Å². The van der Waals surface area contributed by atoms with E-state index in [2.05, 4.69) is 19.2 Å². The summed E-state index contributed by atoms with van der Waals surface area (Å²) in [6.45, 7) is 3.99. The smallest absolute Gasteiger partial charge is 0.310 e. The molecule has 0 aromatic heterocycles. The molecule has 0 heterocycles. The topological polar surface area (TPSA) is 55.4 Å². The predicted octanol–water partition coefficient (Wildman–Crippen LogP) is 4.58. The number of esters is 1. The van der Waals surface area contributed by atoms with Crippen molar-refractivity contribution < 1.29 is 14.3 Å². The van der Waals surface area contributed by atoms with Crippen molar-refractivity contribution in [3.05, 3.63) is 64.7 Å². The Hall–Kier alpha value is -2.33. The number of benzene rings is 2. The zero-order valence-electron chi connectivity index (χ0n) is 14.4. The highest BCUT2D eigenvalue weighted by Gasteiger charge is 2.09. The molecular weight excluding hydrogens is 338 g/mol. The van der Waals surface area contributed by atoms with Gasteiger partial charge in [0.2, 0.25) is 0 Å². The highest BCUT2D eigenvalue weighted by molar-refractivity contribution is 6.30. The van der Waals surface area contributed by atoms with Gasteiger partial charge in [0.25, 0.3) is 5.91 Å². The lowest BCUT2D eigenvalue weighted by Gasteiger charge is -2.10. The number of rotatable bonds is 7. The standard InChI is InChI=1S/C20H22ClNO3/c1-3-14(2)16-6-10-18(11-7-16)22-19(23)13-25-20(24)12-15-4-8-17(21)9-5-15/h4-11,14H,3,12-13H2,1-2H3,(H,22,23)/t14-/m1/s1. The van der Waals surface area contributed by atoms with Crippen molar-refractivity contribution in [1.82, 2.24) is 0 Å². The van der Waals surface area contributed by atoms with Crippen LogP contribution >= 0.6 is 11.6 Å². The van der Waals surface area contributed by atoms with Gasteiger partial charge in [-0.2, -0.15) is 0 Å². The van der Waals surface area contributed by atoms with E-state index in [9.17, 15) is 9.59 Å². The molecule has 1 atom stereocenters. The first-order chi connectivity index (χ1) is 12.0. The molecule has 5 heteroatoms. The fourth-order valence-electron chi connectivity index (χ4n) is 2.29. The van der Waals surface area contributed by atoms with Gasteiger partial charge in [0, 0.05) is 10.7 Å². The minimum absolute atomic E-state index is 0.105. The number of carbonyl (C=O) groups excluding carboxylic acids is 2. The fourth-order valence-corrected chi connectivity index (χ4v) is 2.42. The molecule has 2 aromatic rings. The van der Waals surface area contributed by atoms with Crippen LogP contribution in [-0.2, 0) is 20.7 Å². The molecule has 132 valence electrons. The van der Waals surface area contributed by atoms with Crippen LogP contribution in [0, 0.1) is 0 Å². The van der Waals surface area contributed by atoms with E-state index in [-0.39, 0.29) is 18.9 Å². The van der Waals surface area contributed by atoms with Crippen LogP contribution in [0.15, 0.2) is 48.5 Å². The third kappa shape index (κ3) is 6.24. The number of amides is 1. The molecule has 4 nitrogen and oxygen atoms in total. The van der Waals surface area contributed by atoms with Crippen molar-refractivity contribution in [3.8, 4) is 0 Å². The Balaban J connectivity index is 1.78. The van der Waals surface area contributed by atoms with Gasteiger partial charge < -0.3 is 10.1 Å². The van der Waals surface area contributed by atoms with Gasteiger partial charge in [-0.15, -0.1) is 0 Å². The molecule has 2 aromatic carbocycles. The summed E-state index contributed by atoms with van der Waals surface area (Å²) in [6, 6.07) is 14.6. The largest absolute Gasteiger partial charge is 0.455 e. The average molecular weight is 360 g/mol. The Bertz CT molecular complexity index is 711. The quantitative estimate of drug-likeness (QED) is 0.736. The predicted molar refractivity (Wildman–Crippen MR) is 99.9 cm³/mol. The van der Waals surface area contributed by atoms with E-state index in [4.69, 9.17) is 16.3 Å². The first kappa shape index (κ1) is 19.0. The number of nitrogens with one attached hydrogen (secondary N) is 1. The maximum absolute atomic E-state index is 11.9. The molecule has 1 amide bonds. The molecule has 25 heavy (non-hydrogen) atoms. The molecular formula is C20H22ClNO3. The summed E-state index contributed by atoms with van der Waals surface area (Å²) in [6.07, 6.45) is 1.17. The first-order valence-electron chi connectivity index (χ1n) is 8.27. The van der Waals surface area contributed by atoms with Crippen molar-refractivity contribution in [2.75, 3.05) is 11.9 Å². The Morgan fingerprint density at radius 2 is 1.72 bits per heavy atom. The summed E-state index contributed by atoms with van der Waals surface area (Å²) < 4.78 is 5.01. The van der Waals surface area contributed by atoms with Gasteiger partial charge in [0.1, 0.15) is 0 Å². The van der Waals surface area contributed by atoms with E-state index in [1.807, 2.05) is 24.3 Å². The highest BCUT2D eigenvalue weighted by atomic mass is 35.5. The molecule has 2 rings (SSSR count). The molecule has 0 spiro atoms. The Morgan fingerprint density at radius 3 is 2.32 bits per heavy atom. The number of carbonyl (C=O) groups is 2. The van der Waals surface area contributed by atoms with Crippen LogP contribution < -0.4 is 5.32 Å². The minimum atomic E-state index is -0.454. The summed E-state index contributed by atoms with van der Waals surface area (Å²) in [5.41, 5.74) is 2.70. The number of hydrogen-bond acceptors (Lipinski definition) is 3. The zero-order chi connectivity index (χ0) is 18.2. The monoisotopic (exact) mass is 359 g/mol. The molecule has 0 saturated heterocycles. The van der Waals surface area contributed by atoms with E-state index in [0.29, 0.717) is 16.6 Å². The van der Waals surface area contributed by atoms with Crippen LogP contribution in [0.2, 0.25) is 5.02 Å². The number of anilines is 1. The van der Waals surface area contributed by atoms with Crippen LogP contribution in [0.5, 0.6) is 0 Å². The van der Waals surface area contributed by atoms with Crippen LogP contribution in [0.1, 0.15) is 37.3 Å². The highest BCUT2D eigenvalue weighted by Crippen LogP contribution is 2.20. The second-order valence-electron chi connectivity index (χ2n) is 5.94. The normalized spacial score (nSPS) is 11.6. The summed E-state index contributed by atoms with van der Waals surface area (Å²) in [4.78, 5) is 23.7. The Morgan fingerprint density at radius 1 is 1.08 bits per heavy atom.